The van der Waals surface area contributed by atoms with Crippen LogP contribution in [0.2, 0.25) is 5.02 Å². The summed E-state index contributed by atoms with van der Waals surface area (Å²) in [5.74, 6) is 0.413. The van der Waals surface area contributed by atoms with Crippen LogP contribution in [0.15, 0.2) is 24.3 Å². The van der Waals surface area contributed by atoms with Gasteiger partial charge in [0.1, 0.15) is 0 Å². The van der Waals surface area contributed by atoms with Gasteiger partial charge in [-0.1, -0.05) is 29.8 Å². The van der Waals surface area contributed by atoms with Gasteiger partial charge in [0.25, 0.3) is 0 Å². The summed E-state index contributed by atoms with van der Waals surface area (Å²) in [6, 6.07) is 7.64. The Morgan fingerprint density at radius 3 is 2.95 bits per heavy atom. The Morgan fingerprint density at radius 1 is 1.42 bits per heavy atom. The largest absolute Gasteiger partial charge is 0.396 e. The van der Waals surface area contributed by atoms with Crippen molar-refractivity contribution in [3.63, 3.8) is 0 Å². The van der Waals surface area contributed by atoms with Crippen LogP contribution in [0.5, 0.6) is 0 Å². The van der Waals surface area contributed by atoms with Crippen LogP contribution in [0.3, 0.4) is 0 Å². The number of hydrogen-bond donors (Lipinski definition) is 1. The minimum Gasteiger partial charge on any atom is -0.396 e. The van der Waals surface area contributed by atoms with E-state index in [1.807, 2.05) is 29.2 Å². The van der Waals surface area contributed by atoms with Crippen molar-refractivity contribution in [3.05, 3.63) is 34.9 Å². The minimum atomic E-state index is 0.165. The molecule has 1 atom stereocenters. The van der Waals surface area contributed by atoms with Crippen LogP contribution >= 0.6 is 11.6 Å². The van der Waals surface area contributed by atoms with Crippen molar-refractivity contribution in [1.29, 1.82) is 0 Å². The third-order valence-electron chi connectivity index (χ3n) is 3.70. The van der Waals surface area contributed by atoms with Crippen LogP contribution in [0.4, 0.5) is 0 Å². The number of aliphatic hydroxyl groups is 1. The van der Waals surface area contributed by atoms with Crippen LogP contribution in [-0.2, 0) is 11.2 Å². The summed E-state index contributed by atoms with van der Waals surface area (Å²) < 4.78 is 0. The van der Waals surface area contributed by atoms with Crippen molar-refractivity contribution in [2.75, 3.05) is 19.7 Å². The molecule has 1 amide bonds. The summed E-state index contributed by atoms with van der Waals surface area (Å²) in [4.78, 5) is 14.0. The zero-order valence-electron chi connectivity index (χ0n) is 11.0. The van der Waals surface area contributed by atoms with E-state index in [0.717, 1.165) is 30.0 Å². The summed E-state index contributed by atoms with van der Waals surface area (Å²) in [5, 5.41) is 9.90. The summed E-state index contributed by atoms with van der Waals surface area (Å²) in [6.07, 6.45) is 3.18. The van der Waals surface area contributed by atoms with Crippen LogP contribution in [0.25, 0.3) is 0 Å². The molecule has 0 bridgehead atoms. The maximum absolute atomic E-state index is 12.1. The summed E-state index contributed by atoms with van der Waals surface area (Å²) in [5.41, 5.74) is 1.02. The van der Waals surface area contributed by atoms with Gasteiger partial charge in [-0.15, -0.1) is 0 Å². The molecule has 3 nitrogen and oxygen atoms in total. The van der Waals surface area contributed by atoms with E-state index in [9.17, 15) is 9.90 Å². The number of rotatable bonds is 4. The highest BCUT2D eigenvalue weighted by Gasteiger charge is 2.22. The number of nitrogens with zero attached hydrogens (tertiary/aromatic N) is 1. The van der Waals surface area contributed by atoms with E-state index in [2.05, 4.69) is 0 Å². The molecule has 4 heteroatoms. The molecule has 0 aliphatic carbocycles. The van der Waals surface area contributed by atoms with Crippen LogP contribution in [-0.4, -0.2) is 35.6 Å². The first-order valence-corrected chi connectivity index (χ1v) is 7.20. The third-order valence-corrected chi connectivity index (χ3v) is 4.06. The topological polar surface area (TPSA) is 40.5 Å². The lowest BCUT2D eigenvalue weighted by Crippen LogP contribution is -2.41. The fraction of sp³-hybridized carbons (Fsp3) is 0.533. The van der Waals surface area contributed by atoms with Crippen molar-refractivity contribution in [1.82, 2.24) is 4.90 Å². The molecule has 104 valence electrons. The Balaban J connectivity index is 1.86. The molecular weight excluding hydrogens is 262 g/mol. The SMILES string of the molecule is O=C(CCc1ccccc1Cl)N1CCCC(CO)C1. The molecule has 0 saturated carbocycles. The van der Waals surface area contributed by atoms with Crippen LogP contribution in [0.1, 0.15) is 24.8 Å². The highest BCUT2D eigenvalue weighted by atomic mass is 35.5. The second-order valence-electron chi connectivity index (χ2n) is 5.12. The fourth-order valence-corrected chi connectivity index (χ4v) is 2.77. The number of aryl methyl sites for hydroxylation is 1. The van der Waals surface area contributed by atoms with E-state index in [1.165, 1.54) is 0 Å². The van der Waals surface area contributed by atoms with E-state index >= 15 is 0 Å². The Labute approximate surface area is 119 Å². The molecule has 0 radical (unpaired) electrons. The lowest BCUT2D eigenvalue weighted by molar-refractivity contribution is -0.133. The molecule has 0 spiro atoms. The second-order valence-corrected chi connectivity index (χ2v) is 5.53. The molecule has 19 heavy (non-hydrogen) atoms. The Hall–Kier alpha value is -1.06. The number of amides is 1. The molecule has 1 aliphatic rings. The lowest BCUT2D eigenvalue weighted by Gasteiger charge is -2.32. The molecule has 1 unspecified atom stereocenters. The van der Waals surface area contributed by atoms with Crippen molar-refractivity contribution >= 4 is 17.5 Å². The molecule has 1 N–H and O–H groups in total. The van der Waals surface area contributed by atoms with Gasteiger partial charge in [-0.2, -0.15) is 0 Å². The number of halogens is 1. The van der Waals surface area contributed by atoms with Gasteiger partial charge in [-0.25, -0.2) is 0 Å². The first-order valence-electron chi connectivity index (χ1n) is 6.82. The van der Waals surface area contributed by atoms with Crippen molar-refractivity contribution in [2.24, 2.45) is 5.92 Å². The maximum atomic E-state index is 12.1. The number of carbonyl (C=O) groups excluding carboxylic acids is 1. The van der Waals surface area contributed by atoms with Crippen molar-refractivity contribution < 1.29 is 9.90 Å². The third kappa shape index (κ3) is 3.95. The van der Waals surface area contributed by atoms with Gasteiger partial charge >= 0.3 is 0 Å². The van der Waals surface area contributed by atoms with Gasteiger partial charge < -0.3 is 10.0 Å². The molecule has 1 aromatic carbocycles. The molecule has 1 fully saturated rings. The number of benzene rings is 1. The summed E-state index contributed by atoms with van der Waals surface area (Å²) >= 11 is 6.08. The number of carbonyl (C=O) groups is 1. The average molecular weight is 282 g/mol. The van der Waals surface area contributed by atoms with Gasteiger partial charge in [0.2, 0.25) is 5.91 Å². The highest BCUT2D eigenvalue weighted by Crippen LogP contribution is 2.19. The smallest absolute Gasteiger partial charge is 0.222 e. The van der Waals surface area contributed by atoms with Crippen LogP contribution < -0.4 is 0 Å². The Kier molecular flexibility index (Phi) is 5.23. The number of hydrogen-bond acceptors (Lipinski definition) is 2. The molecule has 0 aromatic heterocycles. The van der Waals surface area contributed by atoms with Crippen molar-refractivity contribution in [3.8, 4) is 0 Å². The van der Waals surface area contributed by atoms with Gasteiger partial charge in [0, 0.05) is 31.1 Å². The molecule has 1 heterocycles. The summed E-state index contributed by atoms with van der Waals surface area (Å²) in [7, 11) is 0. The average Bonchev–Trinajstić information content (AvgIpc) is 2.46. The van der Waals surface area contributed by atoms with Gasteiger partial charge in [-0.3, -0.25) is 4.79 Å². The monoisotopic (exact) mass is 281 g/mol. The van der Waals surface area contributed by atoms with Gasteiger partial charge in [0.15, 0.2) is 0 Å². The number of piperidine rings is 1. The Morgan fingerprint density at radius 2 is 2.21 bits per heavy atom. The highest BCUT2D eigenvalue weighted by molar-refractivity contribution is 6.31. The molecule has 1 aromatic rings. The predicted molar refractivity (Wildman–Crippen MR) is 76.2 cm³/mol. The molecular formula is C15H20ClNO2. The standard InChI is InChI=1S/C15H20ClNO2/c16-14-6-2-1-5-13(14)7-8-15(19)17-9-3-4-12(10-17)11-18/h1-2,5-6,12,18H,3-4,7-11H2. The van der Waals surface area contributed by atoms with Crippen molar-refractivity contribution in [2.45, 2.75) is 25.7 Å². The van der Waals surface area contributed by atoms with E-state index in [1.54, 1.807) is 0 Å². The summed E-state index contributed by atoms with van der Waals surface area (Å²) in [6.45, 7) is 1.68. The minimum absolute atomic E-state index is 0.165. The number of likely N-dealkylation sites (tertiary alicyclic amines) is 1. The first-order chi connectivity index (χ1) is 9.20. The Bertz CT molecular complexity index is 436. The fourth-order valence-electron chi connectivity index (χ4n) is 2.54. The molecule has 2 rings (SSSR count). The molecule has 1 saturated heterocycles. The van der Waals surface area contributed by atoms with E-state index in [0.29, 0.717) is 19.4 Å². The number of aliphatic hydroxyl groups excluding tert-OH is 1. The van der Waals surface area contributed by atoms with Crippen LogP contribution in [0, 0.1) is 5.92 Å². The lowest BCUT2D eigenvalue weighted by atomic mass is 9.98. The second kappa shape index (κ2) is 6.92. The zero-order chi connectivity index (χ0) is 13.7. The van der Waals surface area contributed by atoms with E-state index < -0.39 is 0 Å². The van der Waals surface area contributed by atoms with E-state index in [4.69, 9.17) is 11.6 Å². The van der Waals surface area contributed by atoms with Gasteiger partial charge in [-0.05, 0) is 36.8 Å². The zero-order valence-corrected chi connectivity index (χ0v) is 11.8. The normalized spacial score (nSPS) is 19.5. The van der Waals surface area contributed by atoms with E-state index in [-0.39, 0.29) is 18.4 Å². The molecule has 1 aliphatic heterocycles. The predicted octanol–water partition coefficient (Wildman–Crippen LogP) is 2.50. The van der Waals surface area contributed by atoms with Gasteiger partial charge in [0.05, 0.1) is 0 Å². The quantitative estimate of drug-likeness (QED) is 0.921. The maximum Gasteiger partial charge on any atom is 0.222 e. The first kappa shape index (κ1) is 14.4.